The van der Waals surface area contributed by atoms with Crippen LogP contribution < -0.4 is 5.32 Å². The summed E-state index contributed by atoms with van der Waals surface area (Å²) in [5.41, 5.74) is 4.31. The highest BCUT2D eigenvalue weighted by molar-refractivity contribution is 5.30. The van der Waals surface area contributed by atoms with Crippen molar-refractivity contribution in [2.45, 2.75) is 45.4 Å². The lowest BCUT2D eigenvalue weighted by atomic mass is 9.96. The summed E-state index contributed by atoms with van der Waals surface area (Å²) in [5.74, 6) is 0. The maximum absolute atomic E-state index is 3.92. The molecular weight excluding hydrogens is 196 g/mol. The van der Waals surface area contributed by atoms with Crippen LogP contribution in [0.4, 0.5) is 0 Å². The lowest BCUT2D eigenvalue weighted by Gasteiger charge is -2.36. The van der Waals surface area contributed by atoms with E-state index in [-0.39, 0.29) is 0 Å². The monoisotopic (exact) mass is 218 g/mol. The quantitative estimate of drug-likeness (QED) is 0.710. The highest BCUT2D eigenvalue weighted by Crippen LogP contribution is 2.35. The maximum Gasteiger partial charge on any atom is 0.0415 e. The van der Waals surface area contributed by atoms with E-state index in [2.05, 4.69) is 29.8 Å². The van der Waals surface area contributed by atoms with E-state index in [4.69, 9.17) is 0 Å². The first-order valence-corrected chi connectivity index (χ1v) is 6.43. The second-order valence-electron chi connectivity index (χ2n) is 4.51. The minimum Gasteiger partial charge on any atom is -0.387 e. The van der Waals surface area contributed by atoms with Gasteiger partial charge in [-0.1, -0.05) is 26.0 Å². The van der Waals surface area contributed by atoms with Crippen LogP contribution in [0.2, 0.25) is 0 Å². The summed E-state index contributed by atoms with van der Waals surface area (Å²) < 4.78 is 0. The Hall–Kier alpha value is -1.18. The van der Waals surface area contributed by atoms with Crippen LogP contribution in [0.25, 0.3) is 0 Å². The summed E-state index contributed by atoms with van der Waals surface area (Å²) >= 11 is 0. The van der Waals surface area contributed by atoms with Crippen molar-refractivity contribution in [1.29, 1.82) is 0 Å². The Balaban J connectivity index is 2.08. The van der Waals surface area contributed by atoms with Gasteiger partial charge in [0, 0.05) is 36.3 Å². The Morgan fingerprint density at radius 2 is 2.38 bits per heavy atom. The zero-order valence-electron chi connectivity index (χ0n) is 10.3. The number of unbranched alkanes of at least 4 members (excludes halogenated alkanes) is 1. The fourth-order valence-electron chi connectivity index (χ4n) is 2.50. The molecule has 0 amide bonds. The Kier molecular flexibility index (Phi) is 3.70. The van der Waals surface area contributed by atoms with Gasteiger partial charge in [-0.2, -0.15) is 0 Å². The molecule has 2 nitrogen and oxygen atoms in total. The van der Waals surface area contributed by atoms with E-state index in [1.54, 1.807) is 0 Å². The van der Waals surface area contributed by atoms with Crippen LogP contribution in [0.1, 0.15) is 45.4 Å². The summed E-state index contributed by atoms with van der Waals surface area (Å²) in [4.78, 5) is 2.28. The molecule has 2 rings (SSSR count). The van der Waals surface area contributed by atoms with Crippen molar-refractivity contribution in [3.63, 3.8) is 0 Å². The normalized spacial score (nSPS) is 19.6. The molecule has 2 heteroatoms. The van der Waals surface area contributed by atoms with E-state index < -0.39 is 0 Å². The molecule has 1 N–H and O–H groups in total. The van der Waals surface area contributed by atoms with E-state index in [1.165, 1.54) is 49.2 Å². The second-order valence-corrected chi connectivity index (χ2v) is 4.51. The average Bonchev–Trinajstić information content (AvgIpc) is 2.31. The fraction of sp³-hybridized carbons (Fsp3) is 0.571. The summed E-state index contributed by atoms with van der Waals surface area (Å²) in [6, 6.07) is 0. The van der Waals surface area contributed by atoms with Crippen molar-refractivity contribution in [2.24, 2.45) is 0 Å². The van der Waals surface area contributed by atoms with E-state index in [0.29, 0.717) is 0 Å². The van der Waals surface area contributed by atoms with Crippen molar-refractivity contribution < 1.29 is 0 Å². The molecule has 0 atom stereocenters. The van der Waals surface area contributed by atoms with E-state index in [1.807, 2.05) is 6.20 Å². The van der Waals surface area contributed by atoms with Crippen LogP contribution in [0, 0.1) is 0 Å². The number of rotatable bonds is 5. The minimum absolute atomic E-state index is 1.08. The van der Waals surface area contributed by atoms with Gasteiger partial charge in [-0.15, -0.1) is 0 Å². The zero-order chi connectivity index (χ0) is 11.4. The first-order valence-electron chi connectivity index (χ1n) is 6.43. The smallest absolute Gasteiger partial charge is 0.0415 e. The van der Waals surface area contributed by atoms with Crippen LogP contribution in [0.15, 0.2) is 35.9 Å². The fourth-order valence-corrected chi connectivity index (χ4v) is 2.50. The van der Waals surface area contributed by atoms with Crippen molar-refractivity contribution in [1.82, 2.24) is 10.2 Å². The lowest BCUT2D eigenvalue weighted by Crippen LogP contribution is -2.29. The van der Waals surface area contributed by atoms with Gasteiger partial charge in [0.15, 0.2) is 0 Å². The van der Waals surface area contributed by atoms with Crippen LogP contribution in [-0.4, -0.2) is 11.4 Å². The molecule has 0 radical (unpaired) electrons. The van der Waals surface area contributed by atoms with E-state index in [9.17, 15) is 0 Å². The molecule has 0 aliphatic carbocycles. The molecule has 0 aromatic heterocycles. The SMILES string of the molecule is C=CN1C2=CCC(NCCCC)=C1CCC2. The molecule has 2 bridgehead atoms. The third-order valence-electron chi connectivity index (χ3n) is 3.39. The van der Waals surface area contributed by atoms with Crippen LogP contribution in [0.3, 0.4) is 0 Å². The molecule has 2 aliphatic heterocycles. The van der Waals surface area contributed by atoms with Crippen LogP contribution in [-0.2, 0) is 0 Å². The van der Waals surface area contributed by atoms with Gasteiger partial charge in [0.1, 0.15) is 0 Å². The number of piperidine rings is 1. The predicted molar refractivity (Wildman–Crippen MR) is 68.5 cm³/mol. The molecule has 1 saturated heterocycles. The van der Waals surface area contributed by atoms with Gasteiger partial charge in [0.2, 0.25) is 0 Å². The van der Waals surface area contributed by atoms with Gasteiger partial charge in [-0.05, 0) is 25.7 Å². The highest BCUT2D eigenvalue weighted by atomic mass is 15.2. The summed E-state index contributed by atoms with van der Waals surface area (Å²) in [6.45, 7) is 7.25. The van der Waals surface area contributed by atoms with Crippen molar-refractivity contribution >= 4 is 0 Å². The first-order chi connectivity index (χ1) is 7.86. The van der Waals surface area contributed by atoms with Gasteiger partial charge in [0.25, 0.3) is 0 Å². The average molecular weight is 218 g/mol. The molecule has 0 aromatic carbocycles. The first kappa shape index (κ1) is 11.3. The van der Waals surface area contributed by atoms with E-state index in [0.717, 1.165) is 13.0 Å². The number of hydrogen-bond acceptors (Lipinski definition) is 2. The molecule has 0 unspecified atom stereocenters. The molecular formula is C14H22N2. The number of fused-ring (bicyclic) bond motifs is 2. The lowest BCUT2D eigenvalue weighted by molar-refractivity contribution is 0.430. The standard InChI is InChI=1S/C14H22N2/c1-3-5-11-15-13-10-9-12-7-6-8-14(13)16(12)4-2/h4,9,15H,2-3,5-8,10-11H2,1H3. The Labute approximate surface area is 98.7 Å². The maximum atomic E-state index is 3.92. The number of hydrogen-bond donors (Lipinski definition) is 1. The summed E-state index contributed by atoms with van der Waals surface area (Å²) in [7, 11) is 0. The summed E-state index contributed by atoms with van der Waals surface area (Å²) in [5, 5.41) is 3.59. The third kappa shape index (κ3) is 2.16. The molecule has 2 aliphatic rings. The molecule has 1 fully saturated rings. The van der Waals surface area contributed by atoms with Crippen molar-refractivity contribution in [3.8, 4) is 0 Å². The number of nitrogens with one attached hydrogen (secondary N) is 1. The Morgan fingerprint density at radius 3 is 3.12 bits per heavy atom. The number of allylic oxidation sites excluding steroid dienone is 3. The van der Waals surface area contributed by atoms with Gasteiger partial charge < -0.3 is 10.2 Å². The van der Waals surface area contributed by atoms with Gasteiger partial charge >= 0.3 is 0 Å². The summed E-state index contributed by atoms with van der Waals surface area (Å²) in [6.07, 6.45) is 11.6. The predicted octanol–water partition coefficient (Wildman–Crippen LogP) is 3.50. The number of nitrogens with zero attached hydrogens (tertiary/aromatic N) is 1. The van der Waals surface area contributed by atoms with Crippen LogP contribution in [0.5, 0.6) is 0 Å². The largest absolute Gasteiger partial charge is 0.387 e. The molecule has 88 valence electrons. The molecule has 0 saturated carbocycles. The topological polar surface area (TPSA) is 15.3 Å². The van der Waals surface area contributed by atoms with Crippen molar-refractivity contribution in [2.75, 3.05) is 6.54 Å². The zero-order valence-corrected chi connectivity index (χ0v) is 10.3. The molecule has 0 aromatic rings. The Bertz CT molecular complexity index is 326. The molecule has 0 spiro atoms. The van der Waals surface area contributed by atoms with Crippen LogP contribution >= 0.6 is 0 Å². The second kappa shape index (κ2) is 5.24. The minimum atomic E-state index is 1.08. The molecule has 2 heterocycles. The Morgan fingerprint density at radius 1 is 1.50 bits per heavy atom. The van der Waals surface area contributed by atoms with Crippen molar-refractivity contribution in [3.05, 3.63) is 35.9 Å². The molecule has 16 heavy (non-hydrogen) atoms. The third-order valence-corrected chi connectivity index (χ3v) is 3.39. The highest BCUT2D eigenvalue weighted by Gasteiger charge is 2.23. The van der Waals surface area contributed by atoms with Gasteiger partial charge in [-0.3, -0.25) is 0 Å². The van der Waals surface area contributed by atoms with Gasteiger partial charge in [0.05, 0.1) is 0 Å². The van der Waals surface area contributed by atoms with Gasteiger partial charge in [-0.25, -0.2) is 0 Å². The van der Waals surface area contributed by atoms with E-state index >= 15 is 0 Å².